The molecule has 1 amide bonds. The van der Waals surface area contributed by atoms with Gasteiger partial charge in [0.1, 0.15) is 5.60 Å². The summed E-state index contributed by atoms with van der Waals surface area (Å²) in [4.78, 5) is 13.9. The van der Waals surface area contributed by atoms with Gasteiger partial charge in [-0.15, -0.1) is 0 Å². The van der Waals surface area contributed by atoms with Crippen molar-refractivity contribution < 1.29 is 9.53 Å². The van der Waals surface area contributed by atoms with Crippen LogP contribution in [0.1, 0.15) is 46.2 Å². The van der Waals surface area contributed by atoms with Crippen LogP contribution in [0.2, 0.25) is 0 Å². The maximum absolute atomic E-state index is 12.2. The first kappa shape index (κ1) is 16.5. The molecule has 0 radical (unpaired) electrons. The zero-order valence-corrected chi connectivity index (χ0v) is 13.1. The van der Waals surface area contributed by atoms with Gasteiger partial charge in [0.2, 0.25) is 0 Å². The van der Waals surface area contributed by atoms with Gasteiger partial charge in [0.05, 0.1) is 0 Å². The number of ether oxygens (including phenoxy) is 1. The van der Waals surface area contributed by atoms with Crippen LogP contribution >= 0.6 is 0 Å². The first-order valence-electron chi connectivity index (χ1n) is 7.01. The molecule has 1 rings (SSSR count). The summed E-state index contributed by atoms with van der Waals surface area (Å²) in [5.74, 6) is 0. The summed E-state index contributed by atoms with van der Waals surface area (Å²) in [5, 5.41) is 0. The Balaban J connectivity index is 2.75. The van der Waals surface area contributed by atoms with Gasteiger partial charge in [-0.2, -0.15) is 0 Å². The summed E-state index contributed by atoms with van der Waals surface area (Å²) in [5.41, 5.74) is 6.70. The van der Waals surface area contributed by atoms with E-state index in [-0.39, 0.29) is 18.2 Å². The van der Waals surface area contributed by atoms with Gasteiger partial charge in [0, 0.05) is 18.6 Å². The maximum atomic E-state index is 12.2. The van der Waals surface area contributed by atoms with Crippen molar-refractivity contribution in [2.75, 3.05) is 6.54 Å². The minimum absolute atomic E-state index is 0.0413. The first-order valence-corrected chi connectivity index (χ1v) is 7.01. The van der Waals surface area contributed by atoms with Crippen molar-refractivity contribution in [1.82, 2.24) is 4.90 Å². The molecule has 1 atom stereocenters. The fraction of sp³-hybridized carbons (Fsp3) is 0.562. The van der Waals surface area contributed by atoms with Crippen molar-refractivity contribution in [1.29, 1.82) is 0 Å². The number of carbonyl (C=O) groups is 1. The molecule has 1 aromatic rings. The average Bonchev–Trinajstić information content (AvgIpc) is 2.34. The summed E-state index contributed by atoms with van der Waals surface area (Å²) in [6.07, 6.45) is -0.320. The van der Waals surface area contributed by atoms with Gasteiger partial charge in [-0.25, -0.2) is 4.79 Å². The third-order valence-electron chi connectivity index (χ3n) is 2.87. The monoisotopic (exact) mass is 278 g/mol. The molecule has 0 aliphatic heterocycles. The van der Waals surface area contributed by atoms with Crippen LogP contribution in [-0.2, 0) is 4.74 Å². The standard InChI is InChI=1S/C16H26N2O2/c1-12(2)18(15(19)20-16(3,4)5)11-14(17)13-9-7-6-8-10-13/h6-10,12,14H,11,17H2,1-5H3. The molecule has 0 aromatic heterocycles. The number of nitrogens with two attached hydrogens (primary N) is 1. The number of hydrogen-bond acceptors (Lipinski definition) is 3. The molecule has 4 heteroatoms. The van der Waals surface area contributed by atoms with Crippen LogP contribution in [0, 0.1) is 0 Å². The summed E-state index contributed by atoms with van der Waals surface area (Å²) >= 11 is 0. The molecule has 0 aliphatic rings. The van der Waals surface area contributed by atoms with Crippen LogP contribution in [0.4, 0.5) is 4.79 Å². The van der Waals surface area contributed by atoms with E-state index in [9.17, 15) is 4.79 Å². The van der Waals surface area contributed by atoms with Gasteiger partial charge >= 0.3 is 6.09 Å². The normalized spacial score (nSPS) is 13.2. The molecule has 0 heterocycles. The summed E-state index contributed by atoms with van der Waals surface area (Å²) < 4.78 is 5.43. The lowest BCUT2D eigenvalue weighted by Crippen LogP contribution is -2.44. The Morgan fingerprint density at radius 2 is 1.80 bits per heavy atom. The van der Waals surface area contributed by atoms with Crippen molar-refractivity contribution in [3.63, 3.8) is 0 Å². The third kappa shape index (κ3) is 5.21. The molecule has 2 N–H and O–H groups in total. The molecule has 1 aromatic carbocycles. The number of hydrogen-bond donors (Lipinski definition) is 1. The number of carbonyl (C=O) groups excluding carboxylic acids is 1. The molecule has 0 bridgehead atoms. The van der Waals surface area contributed by atoms with Gasteiger partial charge < -0.3 is 15.4 Å². The lowest BCUT2D eigenvalue weighted by molar-refractivity contribution is 0.0178. The number of nitrogens with zero attached hydrogens (tertiary/aromatic N) is 1. The van der Waals surface area contributed by atoms with E-state index in [1.54, 1.807) is 4.90 Å². The van der Waals surface area contributed by atoms with Crippen LogP contribution in [0.3, 0.4) is 0 Å². The largest absolute Gasteiger partial charge is 0.444 e. The molecular formula is C16H26N2O2. The van der Waals surface area contributed by atoms with E-state index >= 15 is 0 Å². The van der Waals surface area contributed by atoms with E-state index in [1.807, 2.05) is 65.0 Å². The molecule has 4 nitrogen and oxygen atoms in total. The quantitative estimate of drug-likeness (QED) is 0.919. The molecule has 0 spiro atoms. The predicted octanol–water partition coefficient (Wildman–Crippen LogP) is 3.33. The fourth-order valence-corrected chi connectivity index (χ4v) is 1.83. The topological polar surface area (TPSA) is 55.6 Å². The van der Waals surface area contributed by atoms with E-state index in [0.717, 1.165) is 5.56 Å². The third-order valence-corrected chi connectivity index (χ3v) is 2.87. The molecular weight excluding hydrogens is 252 g/mol. The number of benzene rings is 1. The van der Waals surface area contributed by atoms with E-state index in [2.05, 4.69) is 0 Å². The molecule has 1 unspecified atom stereocenters. The van der Waals surface area contributed by atoms with Gasteiger partial charge in [0.25, 0.3) is 0 Å². The molecule has 0 fully saturated rings. The lowest BCUT2D eigenvalue weighted by atomic mass is 10.1. The average molecular weight is 278 g/mol. The van der Waals surface area contributed by atoms with Gasteiger partial charge in [-0.3, -0.25) is 0 Å². The predicted molar refractivity (Wildman–Crippen MR) is 81.4 cm³/mol. The Hall–Kier alpha value is -1.55. The molecule has 112 valence electrons. The highest BCUT2D eigenvalue weighted by Crippen LogP contribution is 2.16. The van der Waals surface area contributed by atoms with Crippen molar-refractivity contribution >= 4 is 6.09 Å². The highest BCUT2D eigenvalue weighted by atomic mass is 16.6. The zero-order chi connectivity index (χ0) is 15.3. The fourth-order valence-electron chi connectivity index (χ4n) is 1.83. The molecule has 0 aliphatic carbocycles. The number of rotatable bonds is 4. The van der Waals surface area contributed by atoms with Gasteiger partial charge in [-0.05, 0) is 40.2 Å². The second-order valence-electron chi connectivity index (χ2n) is 6.24. The zero-order valence-electron chi connectivity index (χ0n) is 13.1. The Morgan fingerprint density at radius 1 is 1.25 bits per heavy atom. The molecule has 0 saturated heterocycles. The van der Waals surface area contributed by atoms with Crippen molar-refractivity contribution in [2.24, 2.45) is 5.73 Å². The minimum atomic E-state index is -0.499. The maximum Gasteiger partial charge on any atom is 0.410 e. The van der Waals surface area contributed by atoms with Gasteiger partial charge in [0.15, 0.2) is 0 Å². The second kappa shape index (κ2) is 6.75. The van der Waals surface area contributed by atoms with Gasteiger partial charge in [-0.1, -0.05) is 30.3 Å². The minimum Gasteiger partial charge on any atom is -0.444 e. The smallest absolute Gasteiger partial charge is 0.410 e. The Morgan fingerprint density at radius 3 is 2.25 bits per heavy atom. The van der Waals surface area contributed by atoms with Crippen LogP contribution in [0.15, 0.2) is 30.3 Å². The first-order chi connectivity index (χ1) is 9.20. The van der Waals surface area contributed by atoms with Crippen LogP contribution in [0.25, 0.3) is 0 Å². The van der Waals surface area contributed by atoms with Crippen molar-refractivity contribution in [3.05, 3.63) is 35.9 Å². The highest BCUT2D eigenvalue weighted by molar-refractivity contribution is 5.68. The van der Waals surface area contributed by atoms with Crippen LogP contribution in [0.5, 0.6) is 0 Å². The van der Waals surface area contributed by atoms with Crippen LogP contribution in [-0.4, -0.2) is 29.2 Å². The van der Waals surface area contributed by atoms with Crippen molar-refractivity contribution in [3.8, 4) is 0 Å². The van der Waals surface area contributed by atoms with E-state index < -0.39 is 5.60 Å². The summed E-state index contributed by atoms with van der Waals surface area (Å²) in [6, 6.07) is 9.61. The molecule has 0 saturated carbocycles. The SMILES string of the molecule is CC(C)N(CC(N)c1ccccc1)C(=O)OC(C)(C)C. The van der Waals surface area contributed by atoms with Crippen molar-refractivity contribution in [2.45, 2.75) is 52.3 Å². The highest BCUT2D eigenvalue weighted by Gasteiger charge is 2.25. The van der Waals surface area contributed by atoms with Crippen LogP contribution < -0.4 is 5.73 Å². The lowest BCUT2D eigenvalue weighted by Gasteiger charge is -2.32. The van der Waals surface area contributed by atoms with E-state index in [4.69, 9.17) is 10.5 Å². The number of amides is 1. The summed E-state index contributed by atoms with van der Waals surface area (Å²) in [7, 11) is 0. The molecule has 20 heavy (non-hydrogen) atoms. The second-order valence-corrected chi connectivity index (χ2v) is 6.24. The summed E-state index contributed by atoms with van der Waals surface area (Å²) in [6.45, 7) is 9.95. The van der Waals surface area contributed by atoms with E-state index in [1.165, 1.54) is 0 Å². The Kier molecular flexibility index (Phi) is 5.57. The Labute approximate surface area is 121 Å². The van der Waals surface area contributed by atoms with E-state index in [0.29, 0.717) is 6.54 Å². The Bertz CT molecular complexity index is 424.